The summed E-state index contributed by atoms with van der Waals surface area (Å²) in [4.78, 5) is 7.27. The number of aryl methyl sites for hydroxylation is 2. The highest BCUT2D eigenvalue weighted by Gasteiger charge is 2.17. The monoisotopic (exact) mass is 345 g/mol. The lowest BCUT2D eigenvalue weighted by Gasteiger charge is -2.11. The summed E-state index contributed by atoms with van der Waals surface area (Å²) in [5.74, 6) is -0.470. The second-order valence-corrected chi connectivity index (χ2v) is 7.12. The van der Waals surface area contributed by atoms with Gasteiger partial charge < -0.3 is 4.98 Å². The van der Waals surface area contributed by atoms with Crippen molar-refractivity contribution in [2.45, 2.75) is 18.7 Å². The topological polar surface area (TPSA) is 74.8 Å². The predicted octanol–water partition coefficient (Wildman–Crippen LogP) is 3.63. The summed E-state index contributed by atoms with van der Waals surface area (Å²) in [6.45, 7) is 3.45. The molecule has 0 fully saturated rings. The lowest BCUT2D eigenvalue weighted by atomic mass is 10.1. The Hall–Kier alpha value is -2.67. The van der Waals surface area contributed by atoms with Crippen LogP contribution in [0.3, 0.4) is 0 Å². The highest BCUT2D eigenvalue weighted by molar-refractivity contribution is 7.92. The van der Waals surface area contributed by atoms with Gasteiger partial charge in [0.25, 0.3) is 10.0 Å². The number of H-pyrrole nitrogens is 1. The first-order valence-electron chi connectivity index (χ1n) is 7.26. The Kier molecular flexibility index (Phi) is 4.11. The third-order valence-corrected chi connectivity index (χ3v) is 5.19. The Balaban J connectivity index is 1.95. The van der Waals surface area contributed by atoms with Gasteiger partial charge in [0.2, 0.25) is 0 Å². The number of imidazole rings is 1. The lowest BCUT2D eigenvalue weighted by Crippen LogP contribution is -2.14. The van der Waals surface area contributed by atoms with E-state index in [1.165, 1.54) is 12.1 Å². The van der Waals surface area contributed by atoms with Crippen molar-refractivity contribution in [1.29, 1.82) is 0 Å². The Morgan fingerprint density at radius 1 is 1.12 bits per heavy atom. The first-order chi connectivity index (χ1) is 11.4. The molecular formula is C17H16FN3O2S. The van der Waals surface area contributed by atoms with Gasteiger partial charge in [0.1, 0.15) is 5.82 Å². The molecule has 24 heavy (non-hydrogen) atoms. The molecule has 0 bridgehead atoms. The zero-order valence-electron chi connectivity index (χ0n) is 13.2. The van der Waals surface area contributed by atoms with E-state index >= 15 is 0 Å². The molecule has 0 amide bonds. The van der Waals surface area contributed by atoms with Crippen molar-refractivity contribution in [2.24, 2.45) is 0 Å². The van der Waals surface area contributed by atoms with Crippen LogP contribution in [0.4, 0.5) is 10.1 Å². The molecule has 0 atom stereocenters. The fraction of sp³-hybridized carbons (Fsp3) is 0.118. The van der Waals surface area contributed by atoms with Gasteiger partial charge in [-0.1, -0.05) is 12.1 Å². The SMILES string of the molecule is Cc1cc(F)ccc1S(=O)(=O)Nc1cccc(-c2nc[nH]c2C)c1. The van der Waals surface area contributed by atoms with Gasteiger partial charge in [-0.25, -0.2) is 17.8 Å². The normalized spacial score (nSPS) is 11.5. The summed E-state index contributed by atoms with van der Waals surface area (Å²) >= 11 is 0. The van der Waals surface area contributed by atoms with Crippen molar-refractivity contribution in [3.05, 3.63) is 65.9 Å². The highest BCUT2D eigenvalue weighted by atomic mass is 32.2. The summed E-state index contributed by atoms with van der Waals surface area (Å²) in [5, 5.41) is 0. The van der Waals surface area contributed by atoms with Crippen LogP contribution in [0.15, 0.2) is 53.7 Å². The fourth-order valence-corrected chi connectivity index (χ4v) is 3.78. The van der Waals surface area contributed by atoms with E-state index in [4.69, 9.17) is 0 Å². The number of sulfonamides is 1. The van der Waals surface area contributed by atoms with Crippen LogP contribution < -0.4 is 4.72 Å². The minimum atomic E-state index is -3.80. The van der Waals surface area contributed by atoms with Crippen molar-refractivity contribution in [1.82, 2.24) is 9.97 Å². The first-order valence-corrected chi connectivity index (χ1v) is 8.74. The van der Waals surface area contributed by atoms with Gasteiger partial charge in [0.05, 0.1) is 16.9 Å². The summed E-state index contributed by atoms with van der Waals surface area (Å²) in [6, 6.07) is 10.5. The number of aromatic nitrogens is 2. The van der Waals surface area contributed by atoms with Crippen LogP contribution in [-0.2, 0) is 10.0 Å². The maximum atomic E-state index is 13.2. The fourth-order valence-electron chi connectivity index (χ4n) is 2.50. The third kappa shape index (κ3) is 3.16. The standard InChI is InChI=1S/C17H16FN3O2S/c1-11-8-14(18)6-7-16(11)24(22,23)21-15-5-3-4-13(9-15)17-12(2)19-10-20-17/h3-10,21H,1-2H3,(H,19,20). The van der Waals surface area contributed by atoms with E-state index in [0.29, 0.717) is 11.3 Å². The van der Waals surface area contributed by atoms with Crippen LogP contribution in [0.2, 0.25) is 0 Å². The van der Waals surface area contributed by atoms with Crippen molar-refractivity contribution in [2.75, 3.05) is 4.72 Å². The average Bonchev–Trinajstić information content (AvgIpc) is 2.92. The van der Waals surface area contributed by atoms with E-state index in [1.807, 2.05) is 13.0 Å². The molecule has 0 saturated heterocycles. The van der Waals surface area contributed by atoms with E-state index in [9.17, 15) is 12.8 Å². The molecular weight excluding hydrogens is 329 g/mol. The Morgan fingerprint density at radius 3 is 2.58 bits per heavy atom. The molecule has 3 rings (SSSR count). The molecule has 1 aromatic heterocycles. The number of aromatic amines is 1. The smallest absolute Gasteiger partial charge is 0.262 e. The van der Waals surface area contributed by atoms with Gasteiger partial charge in [0, 0.05) is 16.9 Å². The first kappa shape index (κ1) is 16.2. The quantitative estimate of drug-likeness (QED) is 0.758. The summed E-state index contributed by atoms with van der Waals surface area (Å²) in [5.41, 5.74) is 3.21. The van der Waals surface area contributed by atoms with Crippen LogP contribution in [0.1, 0.15) is 11.3 Å². The Morgan fingerprint density at radius 2 is 1.92 bits per heavy atom. The van der Waals surface area contributed by atoms with Gasteiger partial charge in [-0.05, 0) is 49.7 Å². The minimum Gasteiger partial charge on any atom is -0.348 e. The van der Waals surface area contributed by atoms with E-state index < -0.39 is 15.8 Å². The molecule has 0 aliphatic rings. The average molecular weight is 345 g/mol. The summed E-state index contributed by atoms with van der Waals surface area (Å²) < 4.78 is 40.8. The number of hydrogen-bond acceptors (Lipinski definition) is 3. The number of benzene rings is 2. The molecule has 7 heteroatoms. The highest BCUT2D eigenvalue weighted by Crippen LogP contribution is 2.25. The van der Waals surface area contributed by atoms with Crippen molar-refractivity contribution >= 4 is 15.7 Å². The second kappa shape index (κ2) is 6.09. The lowest BCUT2D eigenvalue weighted by molar-refractivity contribution is 0.598. The largest absolute Gasteiger partial charge is 0.348 e. The third-order valence-electron chi connectivity index (χ3n) is 3.64. The second-order valence-electron chi connectivity index (χ2n) is 5.47. The molecule has 1 heterocycles. The summed E-state index contributed by atoms with van der Waals surface area (Å²) in [6.07, 6.45) is 1.59. The van der Waals surface area contributed by atoms with Crippen LogP contribution in [0.25, 0.3) is 11.3 Å². The zero-order valence-corrected chi connectivity index (χ0v) is 14.0. The molecule has 3 aromatic rings. The molecule has 124 valence electrons. The number of rotatable bonds is 4. The molecule has 0 spiro atoms. The van der Waals surface area contributed by atoms with Crippen molar-refractivity contribution in [3.8, 4) is 11.3 Å². The van der Waals surface area contributed by atoms with Crippen LogP contribution in [0, 0.1) is 19.7 Å². The van der Waals surface area contributed by atoms with Crippen molar-refractivity contribution in [3.63, 3.8) is 0 Å². The van der Waals surface area contributed by atoms with Crippen LogP contribution >= 0.6 is 0 Å². The van der Waals surface area contributed by atoms with Crippen LogP contribution in [0.5, 0.6) is 0 Å². The zero-order chi connectivity index (χ0) is 17.3. The maximum absolute atomic E-state index is 13.2. The molecule has 0 aliphatic heterocycles. The van der Waals surface area contributed by atoms with Crippen LogP contribution in [-0.4, -0.2) is 18.4 Å². The number of anilines is 1. The molecule has 2 aromatic carbocycles. The van der Waals surface area contributed by atoms with Crippen molar-refractivity contribution < 1.29 is 12.8 Å². The number of halogens is 1. The van der Waals surface area contributed by atoms with Gasteiger partial charge in [-0.15, -0.1) is 0 Å². The number of hydrogen-bond donors (Lipinski definition) is 2. The predicted molar refractivity (Wildman–Crippen MR) is 90.7 cm³/mol. The van der Waals surface area contributed by atoms with Gasteiger partial charge >= 0.3 is 0 Å². The van der Waals surface area contributed by atoms with E-state index in [0.717, 1.165) is 23.0 Å². The Labute approximate surface area is 139 Å². The molecule has 5 nitrogen and oxygen atoms in total. The van der Waals surface area contributed by atoms with Gasteiger partial charge in [-0.2, -0.15) is 0 Å². The molecule has 0 saturated carbocycles. The van der Waals surface area contributed by atoms with E-state index in [-0.39, 0.29) is 4.90 Å². The maximum Gasteiger partial charge on any atom is 0.262 e. The number of nitrogens with one attached hydrogen (secondary N) is 2. The Bertz CT molecular complexity index is 997. The van der Waals surface area contributed by atoms with E-state index in [1.54, 1.807) is 31.5 Å². The number of nitrogens with zero attached hydrogens (tertiary/aromatic N) is 1. The summed E-state index contributed by atoms with van der Waals surface area (Å²) in [7, 11) is -3.80. The molecule has 0 radical (unpaired) electrons. The molecule has 2 N–H and O–H groups in total. The van der Waals surface area contributed by atoms with Gasteiger partial charge in [0.15, 0.2) is 0 Å². The molecule has 0 aliphatic carbocycles. The van der Waals surface area contributed by atoms with E-state index in [2.05, 4.69) is 14.7 Å². The molecule has 0 unspecified atom stereocenters. The minimum absolute atomic E-state index is 0.0465. The van der Waals surface area contributed by atoms with Gasteiger partial charge in [-0.3, -0.25) is 4.72 Å².